The number of carbonyl (C=O) groups is 1. The van der Waals surface area contributed by atoms with E-state index in [9.17, 15) is 4.79 Å². The number of hydrazone groups is 1. The molecule has 0 saturated carbocycles. The standard InChI is InChI=1S/C11H10N2O2/c14-11(15)10-7-4-8-13(12-10)9-5-2-1-3-6-9/h1-6,8H,7H2,(H,14,15). The molecule has 1 aliphatic rings. The number of aliphatic carboxylic acids is 1. The van der Waals surface area contributed by atoms with Crippen LogP contribution in [0.4, 0.5) is 5.69 Å². The second kappa shape index (κ2) is 3.96. The van der Waals surface area contributed by atoms with Crippen LogP contribution in [-0.4, -0.2) is 16.8 Å². The molecule has 4 heteroatoms. The molecule has 0 unspecified atom stereocenters. The number of hydrogen-bond acceptors (Lipinski definition) is 3. The summed E-state index contributed by atoms with van der Waals surface area (Å²) in [6.07, 6.45) is 3.92. The highest BCUT2D eigenvalue weighted by atomic mass is 16.4. The van der Waals surface area contributed by atoms with Crippen LogP contribution in [0, 0.1) is 0 Å². The zero-order valence-electron chi connectivity index (χ0n) is 8.00. The lowest BCUT2D eigenvalue weighted by molar-refractivity contribution is -0.129. The Hall–Kier alpha value is -2.10. The highest BCUT2D eigenvalue weighted by molar-refractivity contribution is 6.36. The first-order valence-electron chi connectivity index (χ1n) is 4.59. The Kier molecular flexibility index (Phi) is 2.49. The van der Waals surface area contributed by atoms with E-state index in [1.165, 1.54) is 0 Å². The Morgan fingerprint density at radius 3 is 2.73 bits per heavy atom. The Labute approximate surface area is 87.1 Å². The van der Waals surface area contributed by atoms with Crippen molar-refractivity contribution in [1.29, 1.82) is 0 Å². The lowest BCUT2D eigenvalue weighted by atomic mass is 10.2. The monoisotopic (exact) mass is 202 g/mol. The van der Waals surface area contributed by atoms with Crippen molar-refractivity contribution in [3.63, 3.8) is 0 Å². The molecule has 0 atom stereocenters. The van der Waals surface area contributed by atoms with Gasteiger partial charge in [0, 0.05) is 12.6 Å². The number of para-hydroxylation sites is 1. The van der Waals surface area contributed by atoms with Gasteiger partial charge in [-0.1, -0.05) is 24.3 Å². The number of benzene rings is 1. The lowest BCUT2D eigenvalue weighted by Gasteiger charge is -2.18. The molecule has 0 saturated heterocycles. The minimum atomic E-state index is -0.972. The Balaban J connectivity index is 2.28. The summed E-state index contributed by atoms with van der Waals surface area (Å²) < 4.78 is 0. The first-order valence-corrected chi connectivity index (χ1v) is 4.59. The van der Waals surface area contributed by atoms with Gasteiger partial charge in [0.15, 0.2) is 0 Å². The van der Waals surface area contributed by atoms with Crippen LogP contribution in [0.2, 0.25) is 0 Å². The third-order valence-corrected chi connectivity index (χ3v) is 2.05. The smallest absolute Gasteiger partial charge is 0.352 e. The molecule has 0 aromatic heterocycles. The minimum absolute atomic E-state index is 0.154. The summed E-state index contributed by atoms with van der Waals surface area (Å²) in [6, 6.07) is 9.41. The third-order valence-electron chi connectivity index (χ3n) is 2.05. The molecular formula is C11H10N2O2. The van der Waals surface area contributed by atoms with Crippen molar-refractivity contribution in [3.05, 3.63) is 42.6 Å². The van der Waals surface area contributed by atoms with E-state index in [0.29, 0.717) is 6.42 Å². The van der Waals surface area contributed by atoms with Crippen LogP contribution in [0.3, 0.4) is 0 Å². The molecule has 15 heavy (non-hydrogen) atoms. The van der Waals surface area contributed by atoms with Gasteiger partial charge in [-0.25, -0.2) is 9.80 Å². The van der Waals surface area contributed by atoms with Crippen molar-refractivity contribution in [2.75, 3.05) is 5.01 Å². The van der Waals surface area contributed by atoms with Crippen LogP contribution in [0.1, 0.15) is 6.42 Å². The molecule has 1 aliphatic heterocycles. The van der Waals surface area contributed by atoms with E-state index in [4.69, 9.17) is 5.11 Å². The van der Waals surface area contributed by atoms with Gasteiger partial charge in [-0.05, 0) is 12.1 Å². The molecule has 0 radical (unpaired) electrons. The van der Waals surface area contributed by atoms with E-state index >= 15 is 0 Å². The van der Waals surface area contributed by atoms with Gasteiger partial charge >= 0.3 is 5.97 Å². The summed E-state index contributed by atoms with van der Waals surface area (Å²) in [5, 5.41) is 14.4. The van der Waals surface area contributed by atoms with Gasteiger partial charge in [0.2, 0.25) is 0 Å². The Bertz CT molecular complexity index is 423. The summed E-state index contributed by atoms with van der Waals surface area (Å²) in [5.74, 6) is -0.972. The number of rotatable bonds is 2. The van der Waals surface area contributed by atoms with Gasteiger partial charge in [-0.15, -0.1) is 0 Å². The molecule has 1 N–H and O–H groups in total. The summed E-state index contributed by atoms with van der Waals surface area (Å²) >= 11 is 0. The van der Waals surface area contributed by atoms with E-state index < -0.39 is 5.97 Å². The zero-order valence-corrected chi connectivity index (χ0v) is 8.00. The number of hydrogen-bond donors (Lipinski definition) is 1. The number of anilines is 1. The molecule has 76 valence electrons. The third kappa shape index (κ3) is 2.04. The molecule has 1 aromatic carbocycles. The molecular weight excluding hydrogens is 192 g/mol. The average molecular weight is 202 g/mol. The van der Waals surface area contributed by atoms with Crippen molar-refractivity contribution in [2.24, 2.45) is 5.10 Å². The lowest BCUT2D eigenvalue weighted by Crippen LogP contribution is -2.21. The molecule has 0 amide bonds. The van der Waals surface area contributed by atoms with Crippen LogP contribution >= 0.6 is 0 Å². The van der Waals surface area contributed by atoms with E-state index in [2.05, 4.69) is 5.10 Å². The molecule has 0 fully saturated rings. The van der Waals surface area contributed by atoms with Crippen molar-refractivity contribution < 1.29 is 9.90 Å². The highest BCUT2D eigenvalue weighted by Gasteiger charge is 2.14. The summed E-state index contributed by atoms with van der Waals surface area (Å²) in [7, 11) is 0. The van der Waals surface area contributed by atoms with Gasteiger partial charge in [-0.3, -0.25) is 0 Å². The zero-order chi connectivity index (χ0) is 10.7. The second-order valence-electron chi connectivity index (χ2n) is 3.12. The van der Waals surface area contributed by atoms with E-state index in [1.807, 2.05) is 30.3 Å². The maximum atomic E-state index is 10.7. The van der Waals surface area contributed by atoms with Crippen LogP contribution in [0.15, 0.2) is 47.7 Å². The molecule has 2 rings (SSSR count). The Morgan fingerprint density at radius 1 is 1.33 bits per heavy atom. The van der Waals surface area contributed by atoms with Gasteiger partial charge < -0.3 is 5.11 Å². The molecule has 4 nitrogen and oxygen atoms in total. The molecule has 0 spiro atoms. The molecule has 1 heterocycles. The number of carboxylic acids is 1. The topological polar surface area (TPSA) is 52.9 Å². The fourth-order valence-corrected chi connectivity index (χ4v) is 1.32. The SMILES string of the molecule is O=C(O)C1=NN(c2ccccc2)C=CC1. The second-order valence-corrected chi connectivity index (χ2v) is 3.12. The van der Waals surface area contributed by atoms with E-state index in [0.717, 1.165) is 5.69 Å². The molecule has 1 aromatic rings. The normalized spacial score (nSPS) is 14.9. The predicted octanol–water partition coefficient (Wildman–Crippen LogP) is 1.85. The van der Waals surface area contributed by atoms with Crippen molar-refractivity contribution in [3.8, 4) is 0 Å². The molecule has 0 bridgehead atoms. The van der Waals surface area contributed by atoms with Gasteiger partial charge in [0.05, 0.1) is 5.69 Å². The highest BCUT2D eigenvalue weighted by Crippen LogP contribution is 2.17. The van der Waals surface area contributed by atoms with Gasteiger partial charge in [-0.2, -0.15) is 5.10 Å². The largest absolute Gasteiger partial charge is 0.477 e. The van der Waals surface area contributed by atoms with Crippen LogP contribution in [-0.2, 0) is 4.79 Å². The van der Waals surface area contributed by atoms with Gasteiger partial charge in [0.1, 0.15) is 5.71 Å². The number of allylic oxidation sites excluding steroid dienone is 1. The number of carboxylic acid groups (broad SMARTS) is 1. The van der Waals surface area contributed by atoms with Crippen molar-refractivity contribution in [2.45, 2.75) is 6.42 Å². The van der Waals surface area contributed by atoms with Crippen LogP contribution < -0.4 is 5.01 Å². The summed E-state index contributed by atoms with van der Waals surface area (Å²) in [4.78, 5) is 10.7. The maximum absolute atomic E-state index is 10.7. The van der Waals surface area contributed by atoms with Crippen molar-refractivity contribution in [1.82, 2.24) is 0 Å². The summed E-state index contributed by atoms with van der Waals surface area (Å²) in [6.45, 7) is 0. The van der Waals surface area contributed by atoms with E-state index in [1.54, 1.807) is 17.3 Å². The first-order chi connectivity index (χ1) is 7.27. The average Bonchev–Trinajstić information content (AvgIpc) is 2.30. The predicted molar refractivity (Wildman–Crippen MR) is 57.7 cm³/mol. The van der Waals surface area contributed by atoms with Crippen LogP contribution in [0.5, 0.6) is 0 Å². The number of nitrogens with zero attached hydrogens (tertiary/aromatic N) is 2. The first kappa shape index (κ1) is 9.45. The summed E-state index contributed by atoms with van der Waals surface area (Å²) in [5.41, 5.74) is 1.01. The Morgan fingerprint density at radius 2 is 2.07 bits per heavy atom. The van der Waals surface area contributed by atoms with Crippen LogP contribution in [0.25, 0.3) is 0 Å². The quantitative estimate of drug-likeness (QED) is 0.796. The molecule has 0 aliphatic carbocycles. The fraction of sp³-hybridized carbons (Fsp3) is 0.0909. The van der Waals surface area contributed by atoms with Gasteiger partial charge in [0.25, 0.3) is 0 Å². The maximum Gasteiger partial charge on any atom is 0.352 e. The van der Waals surface area contributed by atoms with E-state index in [-0.39, 0.29) is 5.71 Å². The van der Waals surface area contributed by atoms with Crippen molar-refractivity contribution >= 4 is 17.4 Å². The fourth-order valence-electron chi connectivity index (χ4n) is 1.32. The minimum Gasteiger partial charge on any atom is -0.477 e.